The van der Waals surface area contributed by atoms with Gasteiger partial charge in [0.15, 0.2) is 0 Å². The molecule has 1 amide bonds. The van der Waals surface area contributed by atoms with Crippen LogP contribution in [0.25, 0.3) is 0 Å². The molecule has 0 aromatic heterocycles. The Kier molecular flexibility index (Phi) is 4.37. The number of nitrogens with one attached hydrogen (secondary N) is 1. The molecule has 0 bridgehead atoms. The first-order valence-electron chi connectivity index (χ1n) is 6.45. The number of hydrogen-bond donors (Lipinski definition) is 1. The Balaban J connectivity index is 2.20. The van der Waals surface area contributed by atoms with E-state index >= 15 is 0 Å². The van der Waals surface area contributed by atoms with Crippen molar-refractivity contribution in [1.29, 1.82) is 0 Å². The van der Waals surface area contributed by atoms with E-state index in [-0.39, 0.29) is 17.5 Å². The van der Waals surface area contributed by atoms with Gasteiger partial charge in [0.25, 0.3) is 5.91 Å². The van der Waals surface area contributed by atoms with Crippen LogP contribution in [0.4, 0.5) is 4.39 Å². The average molecular weight is 266 g/mol. The highest BCUT2D eigenvalue weighted by atomic mass is 19.1. The van der Waals surface area contributed by atoms with Crippen LogP contribution in [0.2, 0.25) is 0 Å². The van der Waals surface area contributed by atoms with Gasteiger partial charge in [-0.1, -0.05) is 0 Å². The monoisotopic (exact) mass is 266 g/mol. The molecule has 1 aromatic rings. The van der Waals surface area contributed by atoms with E-state index in [0.29, 0.717) is 5.75 Å². The number of piperidine rings is 1. The minimum Gasteiger partial charge on any atom is -0.496 e. The molecule has 0 spiro atoms. The Morgan fingerprint density at radius 1 is 1.42 bits per heavy atom. The first-order chi connectivity index (χ1) is 9.13. The Morgan fingerprint density at radius 3 is 2.74 bits per heavy atom. The highest BCUT2D eigenvalue weighted by Crippen LogP contribution is 2.22. The summed E-state index contributed by atoms with van der Waals surface area (Å²) in [5, 5.41) is 3.26. The SMILES string of the molecule is COc1ccc(F)cc1C(=O)N(C)C1CCNCC1. The number of carbonyl (C=O) groups is 1. The molecule has 1 aliphatic rings. The van der Waals surface area contributed by atoms with Crippen LogP contribution in [0, 0.1) is 5.82 Å². The summed E-state index contributed by atoms with van der Waals surface area (Å²) in [6, 6.07) is 4.21. The number of methoxy groups -OCH3 is 1. The maximum atomic E-state index is 13.3. The average Bonchev–Trinajstić information content (AvgIpc) is 2.46. The van der Waals surface area contributed by atoms with Gasteiger partial charge in [-0.3, -0.25) is 4.79 Å². The summed E-state index contributed by atoms with van der Waals surface area (Å²) in [5.74, 6) is -0.210. The number of ether oxygens (including phenoxy) is 1. The molecular formula is C14H19FN2O2. The fourth-order valence-electron chi connectivity index (χ4n) is 2.40. The summed E-state index contributed by atoms with van der Waals surface area (Å²) in [6.07, 6.45) is 1.83. The molecule has 0 saturated carbocycles. The molecule has 5 heteroatoms. The van der Waals surface area contributed by atoms with Gasteiger partial charge < -0.3 is 15.0 Å². The summed E-state index contributed by atoms with van der Waals surface area (Å²) < 4.78 is 18.4. The van der Waals surface area contributed by atoms with Gasteiger partial charge in [-0.25, -0.2) is 4.39 Å². The first-order valence-corrected chi connectivity index (χ1v) is 6.45. The van der Waals surface area contributed by atoms with Gasteiger partial charge in [0.05, 0.1) is 12.7 Å². The van der Waals surface area contributed by atoms with E-state index in [1.54, 1.807) is 11.9 Å². The van der Waals surface area contributed by atoms with Crippen molar-refractivity contribution < 1.29 is 13.9 Å². The molecule has 0 atom stereocenters. The zero-order chi connectivity index (χ0) is 13.8. The molecule has 2 rings (SSSR count). The quantitative estimate of drug-likeness (QED) is 0.904. The van der Waals surface area contributed by atoms with Gasteiger partial charge in [-0.05, 0) is 44.1 Å². The first kappa shape index (κ1) is 13.8. The standard InChI is InChI=1S/C14H19FN2O2/c1-17(11-5-7-16-8-6-11)14(18)12-9-10(15)3-4-13(12)19-2/h3-4,9,11,16H,5-8H2,1-2H3. The van der Waals surface area contributed by atoms with E-state index < -0.39 is 5.82 Å². The Labute approximate surface area is 112 Å². The minimum absolute atomic E-state index is 0.191. The second-order valence-electron chi connectivity index (χ2n) is 4.74. The zero-order valence-electron chi connectivity index (χ0n) is 11.3. The maximum absolute atomic E-state index is 13.3. The van der Waals surface area contributed by atoms with Crippen LogP contribution in [-0.2, 0) is 0 Å². The van der Waals surface area contributed by atoms with Crippen LogP contribution < -0.4 is 10.1 Å². The highest BCUT2D eigenvalue weighted by Gasteiger charge is 2.25. The van der Waals surface area contributed by atoms with Crippen molar-refractivity contribution >= 4 is 5.91 Å². The summed E-state index contributed by atoms with van der Waals surface area (Å²) in [5.41, 5.74) is 0.281. The van der Waals surface area contributed by atoms with Crippen molar-refractivity contribution in [3.05, 3.63) is 29.6 Å². The molecule has 0 aliphatic carbocycles. The van der Waals surface area contributed by atoms with E-state index in [0.717, 1.165) is 25.9 Å². The number of amides is 1. The second-order valence-corrected chi connectivity index (χ2v) is 4.74. The van der Waals surface area contributed by atoms with Crippen molar-refractivity contribution in [3.63, 3.8) is 0 Å². The number of rotatable bonds is 3. The molecule has 1 aromatic carbocycles. The molecule has 0 unspecified atom stereocenters. The van der Waals surface area contributed by atoms with Gasteiger partial charge in [-0.2, -0.15) is 0 Å². The van der Waals surface area contributed by atoms with Crippen molar-refractivity contribution in [2.24, 2.45) is 0 Å². The predicted octanol–water partition coefficient (Wildman–Crippen LogP) is 1.66. The Hall–Kier alpha value is -1.62. The number of halogens is 1. The van der Waals surface area contributed by atoms with Gasteiger partial charge in [0, 0.05) is 13.1 Å². The molecular weight excluding hydrogens is 247 g/mol. The third kappa shape index (κ3) is 3.04. The van der Waals surface area contributed by atoms with Crippen LogP contribution in [0.3, 0.4) is 0 Å². The molecule has 1 N–H and O–H groups in total. The van der Waals surface area contributed by atoms with Crippen molar-refractivity contribution in [3.8, 4) is 5.75 Å². The highest BCUT2D eigenvalue weighted by molar-refractivity contribution is 5.97. The Bertz CT molecular complexity index is 459. The fraction of sp³-hybridized carbons (Fsp3) is 0.500. The van der Waals surface area contributed by atoms with Crippen LogP contribution in [0.1, 0.15) is 23.2 Å². The summed E-state index contributed by atoms with van der Waals surface area (Å²) in [4.78, 5) is 14.1. The topological polar surface area (TPSA) is 41.6 Å². The van der Waals surface area contributed by atoms with Gasteiger partial charge in [0.1, 0.15) is 11.6 Å². The third-order valence-electron chi connectivity index (χ3n) is 3.57. The maximum Gasteiger partial charge on any atom is 0.257 e. The van der Waals surface area contributed by atoms with E-state index in [4.69, 9.17) is 4.74 Å². The zero-order valence-corrected chi connectivity index (χ0v) is 11.3. The smallest absolute Gasteiger partial charge is 0.257 e. The van der Waals surface area contributed by atoms with E-state index in [2.05, 4.69) is 5.32 Å². The summed E-state index contributed by atoms with van der Waals surface area (Å²) in [7, 11) is 3.25. The normalized spacial score (nSPS) is 16.2. The molecule has 1 saturated heterocycles. The molecule has 0 radical (unpaired) electrons. The summed E-state index contributed by atoms with van der Waals surface area (Å²) in [6.45, 7) is 1.81. The lowest BCUT2D eigenvalue weighted by Crippen LogP contribution is -2.44. The van der Waals surface area contributed by atoms with Crippen LogP contribution in [0.5, 0.6) is 5.75 Å². The lowest BCUT2D eigenvalue weighted by Gasteiger charge is -2.32. The molecule has 19 heavy (non-hydrogen) atoms. The molecule has 1 aliphatic heterocycles. The van der Waals surface area contributed by atoms with E-state index in [1.165, 1.54) is 25.3 Å². The van der Waals surface area contributed by atoms with Gasteiger partial charge in [-0.15, -0.1) is 0 Å². The lowest BCUT2D eigenvalue weighted by atomic mass is 10.0. The Morgan fingerprint density at radius 2 is 2.11 bits per heavy atom. The fourth-order valence-corrected chi connectivity index (χ4v) is 2.40. The molecule has 1 heterocycles. The van der Waals surface area contributed by atoms with Crippen LogP contribution in [-0.4, -0.2) is 44.1 Å². The van der Waals surface area contributed by atoms with Crippen molar-refractivity contribution in [1.82, 2.24) is 10.2 Å². The van der Waals surface area contributed by atoms with Gasteiger partial charge >= 0.3 is 0 Å². The minimum atomic E-state index is -0.428. The number of nitrogens with zero attached hydrogens (tertiary/aromatic N) is 1. The van der Waals surface area contributed by atoms with Crippen molar-refractivity contribution in [2.75, 3.05) is 27.2 Å². The number of hydrogen-bond acceptors (Lipinski definition) is 3. The van der Waals surface area contributed by atoms with Crippen molar-refractivity contribution in [2.45, 2.75) is 18.9 Å². The van der Waals surface area contributed by atoms with Gasteiger partial charge in [0.2, 0.25) is 0 Å². The largest absolute Gasteiger partial charge is 0.496 e. The third-order valence-corrected chi connectivity index (χ3v) is 3.57. The second kappa shape index (κ2) is 6.02. The van der Waals surface area contributed by atoms with E-state index in [9.17, 15) is 9.18 Å². The molecule has 1 fully saturated rings. The molecule has 104 valence electrons. The summed E-state index contributed by atoms with van der Waals surface area (Å²) >= 11 is 0. The molecule has 4 nitrogen and oxygen atoms in total. The number of carbonyl (C=O) groups excluding carboxylic acids is 1. The number of benzene rings is 1. The lowest BCUT2D eigenvalue weighted by molar-refractivity contribution is 0.0699. The van der Waals surface area contributed by atoms with Crippen LogP contribution >= 0.6 is 0 Å². The van der Waals surface area contributed by atoms with Crippen LogP contribution in [0.15, 0.2) is 18.2 Å². The predicted molar refractivity (Wildman–Crippen MR) is 70.9 cm³/mol. The van der Waals surface area contributed by atoms with E-state index in [1.807, 2.05) is 0 Å².